The van der Waals surface area contributed by atoms with Crippen LogP contribution in [-0.4, -0.2) is 0 Å². The van der Waals surface area contributed by atoms with Gasteiger partial charge >= 0.3 is 0 Å². The average Bonchev–Trinajstić information content (AvgIpc) is 2.50. The van der Waals surface area contributed by atoms with Crippen molar-refractivity contribution in [1.82, 2.24) is 0 Å². The zero-order valence-electron chi connectivity index (χ0n) is 16.4. The van der Waals surface area contributed by atoms with E-state index in [1.165, 1.54) is 87.3 Å². The van der Waals surface area contributed by atoms with E-state index < -0.39 is 0 Å². The third-order valence-corrected chi connectivity index (χ3v) is 4.72. The van der Waals surface area contributed by atoms with Crippen LogP contribution in [0.5, 0.6) is 0 Å². The van der Waals surface area contributed by atoms with Crippen LogP contribution in [0, 0.1) is 5.92 Å². The second-order valence-electron chi connectivity index (χ2n) is 7.52. The maximum absolute atomic E-state index is 4.31. The van der Waals surface area contributed by atoms with Gasteiger partial charge in [0.15, 0.2) is 0 Å². The summed E-state index contributed by atoms with van der Waals surface area (Å²) >= 11 is 0. The number of unbranched alkanes of at least 4 members (excludes halogenated alkanes) is 4. The third kappa shape index (κ3) is 14.5. The number of allylic oxidation sites excluding steroid dienone is 3. The van der Waals surface area contributed by atoms with Crippen molar-refractivity contribution in [2.45, 2.75) is 104 Å². The molecule has 0 bridgehead atoms. The van der Waals surface area contributed by atoms with Crippen LogP contribution in [0.25, 0.3) is 0 Å². The maximum Gasteiger partial charge on any atom is -0.0286 e. The van der Waals surface area contributed by atoms with Gasteiger partial charge in [0.1, 0.15) is 0 Å². The Kier molecular flexibility index (Phi) is 14.3. The molecule has 0 saturated heterocycles. The molecule has 0 aromatic heterocycles. The fourth-order valence-corrected chi connectivity index (χ4v) is 3.17. The Morgan fingerprint density at radius 3 is 2.00 bits per heavy atom. The van der Waals surface area contributed by atoms with Crippen molar-refractivity contribution in [2.75, 3.05) is 0 Å². The molecule has 0 aliphatic carbocycles. The van der Waals surface area contributed by atoms with Crippen molar-refractivity contribution in [2.24, 2.45) is 5.92 Å². The van der Waals surface area contributed by atoms with Gasteiger partial charge in [-0.3, -0.25) is 0 Å². The van der Waals surface area contributed by atoms with E-state index >= 15 is 0 Å². The van der Waals surface area contributed by atoms with Crippen LogP contribution in [0.15, 0.2) is 36.5 Å². The second-order valence-corrected chi connectivity index (χ2v) is 7.52. The van der Waals surface area contributed by atoms with Gasteiger partial charge in [-0.05, 0) is 57.8 Å². The minimum absolute atomic E-state index is 0.800. The van der Waals surface area contributed by atoms with Crippen LogP contribution in [0.2, 0.25) is 0 Å². The summed E-state index contributed by atoms with van der Waals surface area (Å²) in [6, 6.07) is 0. The fraction of sp³-hybridized carbons (Fsp3) is 0.739. The third-order valence-electron chi connectivity index (χ3n) is 4.72. The van der Waals surface area contributed by atoms with Gasteiger partial charge in [-0.25, -0.2) is 0 Å². The molecule has 0 fully saturated rings. The van der Waals surface area contributed by atoms with Crippen molar-refractivity contribution >= 4 is 0 Å². The summed E-state index contributed by atoms with van der Waals surface area (Å²) in [5.74, 6) is 0.800. The lowest BCUT2D eigenvalue weighted by atomic mass is 9.87. The molecule has 0 spiro atoms. The molecule has 23 heavy (non-hydrogen) atoms. The molecule has 0 aromatic carbocycles. The van der Waals surface area contributed by atoms with E-state index in [-0.39, 0.29) is 0 Å². The van der Waals surface area contributed by atoms with Crippen molar-refractivity contribution in [3.8, 4) is 0 Å². The van der Waals surface area contributed by atoms with Crippen LogP contribution >= 0.6 is 0 Å². The molecule has 0 nitrogen and oxygen atoms in total. The van der Waals surface area contributed by atoms with Gasteiger partial charge in [-0.1, -0.05) is 82.2 Å². The summed E-state index contributed by atoms with van der Waals surface area (Å²) in [7, 11) is 0. The van der Waals surface area contributed by atoms with Gasteiger partial charge in [-0.2, -0.15) is 0 Å². The summed E-state index contributed by atoms with van der Waals surface area (Å²) in [6.45, 7) is 19.3. The van der Waals surface area contributed by atoms with Crippen LogP contribution in [0.4, 0.5) is 0 Å². The first kappa shape index (κ1) is 22.2. The highest BCUT2D eigenvalue weighted by Gasteiger charge is 2.10. The van der Waals surface area contributed by atoms with E-state index in [2.05, 4.69) is 40.5 Å². The van der Waals surface area contributed by atoms with Crippen LogP contribution < -0.4 is 0 Å². The SMILES string of the molecule is C=C(C)CCC(=C)CC(CCC)CCC(=C)CCCCCCC. The number of hydrogen-bond acceptors (Lipinski definition) is 0. The van der Waals surface area contributed by atoms with E-state index in [1.807, 2.05) is 0 Å². The minimum atomic E-state index is 0.800. The normalized spacial score (nSPS) is 12.1. The Labute approximate surface area is 147 Å². The Morgan fingerprint density at radius 2 is 1.39 bits per heavy atom. The molecule has 0 heterocycles. The van der Waals surface area contributed by atoms with Crippen LogP contribution in [-0.2, 0) is 0 Å². The zero-order valence-corrected chi connectivity index (χ0v) is 16.4. The minimum Gasteiger partial charge on any atom is -0.100 e. The summed E-state index contributed by atoms with van der Waals surface area (Å²) < 4.78 is 0. The van der Waals surface area contributed by atoms with E-state index in [9.17, 15) is 0 Å². The predicted octanol–water partition coefficient (Wildman–Crippen LogP) is 8.40. The topological polar surface area (TPSA) is 0 Å². The van der Waals surface area contributed by atoms with Crippen molar-refractivity contribution < 1.29 is 0 Å². The molecule has 1 unspecified atom stereocenters. The van der Waals surface area contributed by atoms with E-state index in [1.54, 1.807) is 0 Å². The average molecular weight is 319 g/mol. The lowest BCUT2D eigenvalue weighted by Gasteiger charge is -2.18. The fourth-order valence-electron chi connectivity index (χ4n) is 3.17. The summed E-state index contributed by atoms with van der Waals surface area (Å²) in [6.07, 6.45) is 16.6. The first-order chi connectivity index (χ1) is 11.0. The summed E-state index contributed by atoms with van der Waals surface area (Å²) in [4.78, 5) is 0. The molecule has 0 aliphatic heterocycles. The van der Waals surface area contributed by atoms with Crippen LogP contribution in [0.1, 0.15) is 104 Å². The molecule has 0 N–H and O–H groups in total. The van der Waals surface area contributed by atoms with Gasteiger partial charge in [-0.15, -0.1) is 6.58 Å². The number of hydrogen-bond donors (Lipinski definition) is 0. The lowest BCUT2D eigenvalue weighted by molar-refractivity contribution is 0.434. The molecule has 0 rings (SSSR count). The van der Waals surface area contributed by atoms with Gasteiger partial charge < -0.3 is 0 Å². The predicted molar refractivity (Wildman–Crippen MR) is 108 cm³/mol. The lowest BCUT2D eigenvalue weighted by Crippen LogP contribution is -2.03. The maximum atomic E-state index is 4.31. The highest BCUT2D eigenvalue weighted by molar-refractivity contribution is 5.02. The summed E-state index contributed by atoms with van der Waals surface area (Å²) in [5.41, 5.74) is 4.15. The van der Waals surface area contributed by atoms with Crippen LogP contribution in [0.3, 0.4) is 0 Å². The molecule has 134 valence electrons. The molecule has 0 radical (unpaired) electrons. The van der Waals surface area contributed by atoms with Gasteiger partial charge in [0.05, 0.1) is 0 Å². The Hall–Kier alpha value is -0.780. The quantitative estimate of drug-likeness (QED) is 0.198. The highest BCUT2D eigenvalue weighted by atomic mass is 14.2. The highest BCUT2D eigenvalue weighted by Crippen LogP contribution is 2.26. The molecule has 0 aromatic rings. The smallest absolute Gasteiger partial charge is 0.0286 e. The van der Waals surface area contributed by atoms with E-state index in [0.29, 0.717) is 0 Å². The van der Waals surface area contributed by atoms with Crippen molar-refractivity contribution in [3.63, 3.8) is 0 Å². The van der Waals surface area contributed by atoms with Crippen molar-refractivity contribution in [3.05, 3.63) is 36.5 Å². The largest absolute Gasteiger partial charge is 0.100 e. The second kappa shape index (κ2) is 14.8. The molecule has 0 amide bonds. The van der Waals surface area contributed by atoms with Gasteiger partial charge in [0.25, 0.3) is 0 Å². The van der Waals surface area contributed by atoms with E-state index in [4.69, 9.17) is 0 Å². The standard InChI is InChI=1S/C23H42/c1-7-9-10-11-12-14-21(5)17-18-23(13-8-2)19-22(6)16-15-20(3)4/h23H,3,5-19H2,1-2,4H3. The first-order valence-corrected chi connectivity index (χ1v) is 9.97. The first-order valence-electron chi connectivity index (χ1n) is 9.97. The molecule has 0 saturated carbocycles. The van der Waals surface area contributed by atoms with Crippen molar-refractivity contribution in [1.29, 1.82) is 0 Å². The Bertz CT molecular complexity index is 334. The Morgan fingerprint density at radius 1 is 0.696 bits per heavy atom. The summed E-state index contributed by atoms with van der Waals surface area (Å²) in [5, 5.41) is 0. The zero-order chi connectivity index (χ0) is 17.5. The molecule has 1 atom stereocenters. The molecular formula is C23H42. The van der Waals surface area contributed by atoms with Gasteiger partial charge in [0, 0.05) is 0 Å². The monoisotopic (exact) mass is 318 g/mol. The molecule has 0 heteroatoms. The molecule has 0 aliphatic rings. The number of rotatable bonds is 16. The van der Waals surface area contributed by atoms with E-state index in [0.717, 1.165) is 18.8 Å². The molecular weight excluding hydrogens is 276 g/mol. The Balaban J connectivity index is 3.95. The van der Waals surface area contributed by atoms with Gasteiger partial charge in [0.2, 0.25) is 0 Å².